The highest BCUT2D eigenvalue weighted by atomic mass is 16.6. The van der Waals surface area contributed by atoms with E-state index in [0.717, 1.165) is 0 Å². The van der Waals surface area contributed by atoms with Gasteiger partial charge in [-0.25, -0.2) is 4.98 Å². The third-order valence-electron chi connectivity index (χ3n) is 4.49. The second kappa shape index (κ2) is 8.96. The number of para-hydroxylation sites is 3. The Morgan fingerprint density at radius 3 is 2.69 bits per heavy atom. The van der Waals surface area contributed by atoms with Gasteiger partial charge >= 0.3 is 0 Å². The molecule has 1 amide bonds. The first kappa shape index (κ1) is 20.0. The number of nitro benzene ring substituents is 1. The SMILES string of the molecule is CCN(Cc1nc2ccccc2c(=O)[nH]1)C(=O)CCNc1ccccc1[N+](=O)[O-]. The highest BCUT2D eigenvalue weighted by Gasteiger charge is 2.16. The summed E-state index contributed by atoms with van der Waals surface area (Å²) < 4.78 is 0. The smallest absolute Gasteiger partial charge is 0.292 e. The van der Waals surface area contributed by atoms with Crippen molar-refractivity contribution in [3.63, 3.8) is 0 Å². The van der Waals surface area contributed by atoms with Gasteiger partial charge in [-0.1, -0.05) is 24.3 Å². The van der Waals surface area contributed by atoms with Gasteiger partial charge in [0.05, 0.1) is 22.4 Å². The van der Waals surface area contributed by atoms with Gasteiger partial charge in [0.25, 0.3) is 11.2 Å². The number of rotatable bonds is 8. The second-order valence-corrected chi connectivity index (χ2v) is 6.39. The van der Waals surface area contributed by atoms with E-state index in [-0.39, 0.29) is 36.7 Å². The van der Waals surface area contributed by atoms with Crippen molar-refractivity contribution >= 4 is 28.2 Å². The van der Waals surface area contributed by atoms with Crippen LogP contribution in [0.15, 0.2) is 53.3 Å². The molecule has 0 radical (unpaired) electrons. The number of nitrogens with one attached hydrogen (secondary N) is 2. The van der Waals surface area contributed by atoms with E-state index in [1.54, 1.807) is 47.4 Å². The summed E-state index contributed by atoms with van der Waals surface area (Å²) in [6, 6.07) is 13.3. The lowest BCUT2D eigenvalue weighted by Gasteiger charge is -2.20. The van der Waals surface area contributed by atoms with Crippen molar-refractivity contribution < 1.29 is 9.72 Å². The van der Waals surface area contributed by atoms with E-state index >= 15 is 0 Å². The van der Waals surface area contributed by atoms with E-state index in [9.17, 15) is 19.7 Å². The lowest BCUT2D eigenvalue weighted by molar-refractivity contribution is -0.384. The Morgan fingerprint density at radius 2 is 1.93 bits per heavy atom. The van der Waals surface area contributed by atoms with Crippen molar-refractivity contribution in [2.24, 2.45) is 0 Å². The Labute approximate surface area is 166 Å². The van der Waals surface area contributed by atoms with E-state index in [1.807, 2.05) is 6.92 Å². The number of nitrogens with zero attached hydrogens (tertiary/aromatic N) is 3. The lowest BCUT2D eigenvalue weighted by atomic mass is 10.2. The number of benzene rings is 2. The van der Waals surface area contributed by atoms with E-state index in [2.05, 4.69) is 15.3 Å². The first-order valence-electron chi connectivity index (χ1n) is 9.22. The normalized spacial score (nSPS) is 10.7. The van der Waals surface area contributed by atoms with Crippen LogP contribution in [-0.4, -0.2) is 38.8 Å². The van der Waals surface area contributed by atoms with Crippen LogP contribution >= 0.6 is 0 Å². The number of amides is 1. The molecule has 0 spiro atoms. The number of fused-ring (bicyclic) bond motifs is 1. The summed E-state index contributed by atoms with van der Waals surface area (Å²) in [4.78, 5) is 44.1. The molecule has 0 aliphatic carbocycles. The summed E-state index contributed by atoms with van der Waals surface area (Å²) in [5.74, 6) is 0.268. The van der Waals surface area contributed by atoms with Gasteiger partial charge in [-0.05, 0) is 25.1 Å². The largest absolute Gasteiger partial charge is 0.379 e. The maximum Gasteiger partial charge on any atom is 0.292 e. The molecule has 3 aromatic rings. The zero-order valence-corrected chi connectivity index (χ0v) is 15.9. The van der Waals surface area contributed by atoms with Crippen molar-refractivity contribution in [1.82, 2.24) is 14.9 Å². The van der Waals surface area contributed by atoms with Crippen LogP contribution < -0.4 is 10.9 Å². The number of H-pyrrole nitrogens is 1. The highest BCUT2D eigenvalue weighted by molar-refractivity contribution is 5.78. The molecule has 0 atom stereocenters. The van der Waals surface area contributed by atoms with Crippen molar-refractivity contribution in [2.75, 3.05) is 18.4 Å². The van der Waals surface area contributed by atoms with Crippen LogP contribution in [0.2, 0.25) is 0 Å². The molecule has 9 heteroatoms. The molecular formula is C20H21N5O4. The number of carbonyl (C=O) groups excluding carboxylic acids is 1. The predicted octanol–water partition coefficient (Wildman–Crippen LogP) is 2.68. The molecule has 2 N–H and O–H groups in total. The molecule has 0 saturated heterocycles. The summed E-state index contributed by atoms with van der Waals surface area (Å²) in [6.07, 6.45) is 0.150. The number of aromatic nitrogens is 2. The van der Waals surface area contributed by atoms with E-state index in [1.165, 1.54) is 6.07 Å². The van der Waals surface area contributed by atoms with Crippen molar-refractivity contribution in [2.45, 2.75) is 19.9 Å². The zero-order valence-electron chi connectivity index (χ0n) is 15.9. The van der Waals surface area contributed by atoms with Gasteiger partial charge in [-0.2, -0.15) is 0 Å². The fraction of sp³-hybridized carbons (Fsp3) is 0.250. The third-order valence-corrected chi connectivity index (χ3v) is 4.49. The molecule has 0 aliphatic heterocycles. The number of nitro groups is 1. The Hall–Kier alpha value is -3.75. The first-order chi connectivity index (χ1) is 14.0. The Morgan fingerprint density at radius 1 is 1.21 bits per heavy atom. The summed E-state index contributed by atoms with van der Waals surface area (Å²) >= 11 is 0. The molecule has 9 nitrogen and oxygen atoms in total. The molecule has 2 aromatic carbocycles. The number of carbonyl (C=O) groups is 1. The van der Waals surface area contributed by atoms with Gasteiger partial charge in [0.1, 0.15) is 11.5 Å². The second-order valence-electron chi connectivity index (χ2n) is 6.39. The Bertz CT molecular complexity index is 1100. The maximum absolute atomic E-state index is 12.6. The molecular weight excluding hydrogens is 374 g/mol. The minimum Gasteiger partial charge on any atom is -0.379 e. The standard InChI is InChI=1S/C20H21N5O4/c1-2-24(13-18-22-15-8-4-3-7-14(15)20(27)23-18)19(26)11-12-21-16-9-5-6-10-17(16)25(28)29/h3-10,21H,2,11-13H2,1H3,(H,22,23,27). The van der Waals surface area contributed by atoms with Crippen LogP contribution in [0.5, 0.6) is 0 Å². The minimum atomic E-state index is -0.468. The molecule has 3 rings (SSSR count). The Balaban J connectivity index is 1.64. The fourth-order valence-electron chi connectivity index (χ4n) is 3.01. The monoisotopic (exact) mass is 395 g/mol. The van der Waals surface area contributed by atoms with Crippen molar-refractivity contribution in [3.8, 4) is 0 Å². The van der Waals surface area contributed by atoms with Crippen molar-refractivity contribution in [1.29, 1.82) is 0 Å². The third kappa shape index (κ3) is 4.75. The molecule has 0 saturated carbocycles. The summed E-state index contributed by atoms with van der Waals surface area (Å²) in [5.41, 5.74) is 0.666. The first-order valence-corrected chi connectivity index (χ1v) is 9.22. The average molecular weight is 395 g/mol. The van der Waals surface area contributed by atoms with Gasteiger partial charge in [0, 0.05) is 25.6 Å². The summed E-state index contributed by atoms with van der Waals surface area (Å²) in [5, 5.41) is 14.5. The average Bonchev–Trinajstić information content (AvgIpc) is 2.72. The van der Waals surface area contributed by atoms with Crippen LogP contribution in [-0.2, 0) is 11.3 Å². The molecule has 0 fully saturated rings. The fourth-order valence-corrected chi connectivity index (χ4v) is 3.01. The topological polar surface area (TPSA) is 121 Å². The van der Waals surface area contributed by atoms with Gasteiger partial charge in [-0.15, -0.1) is 0 Å². The molecule has 29 heavy (non-hydrogen) atoms. The molecule has 0 bridgehead atoms. The van der Waals surface area contributed by atoms with Crippen LogP contribution in [0.25, 0.3) is 10.9 Å². The molecule has 0 unspecified atom stereocenters. The number of hydrogen-bond donors (Lipinski definition) is 2. The predicted molar refractivity (Wildman–Crippen MR) is 110 cm³/mol. The minimum absolute atomic E-state index is 0.0368. The molecule has 0 aliphatic rings. The van der Waals surface area contributed by atoms with Gasteiger partial charge in [0.2, 0.25) is 5.91 Å². The summed E-state index contributed by atoms with van der Waals surface area (Å²) in [7, 11) is 0. The maximum atomic E-state index is 12.6. The van der Waals surface area contributed by atoms with Crippen LogP contribution in [0.4, 0.5) is 11.4 Å². The van der Waals surface area contributed by atoms with E-state index in [0.29, 0.717) is 29.0 Å². The van der Waals surface area contributed by atoms with Gasteiger partial charge in [0.15, 0.2) is 0 Å². The number of hydrogen-bond acceptors (Lipinski definition) is 6. The molecule has 150 valence electrons. The molecule has 1 aromatic heterocycles. The highest BCUT2D eigenvalue weighted by Crippen LogP contribution is 2.23. The molecule has 1 heterocycles. The van der Waals surface area contributed by atoms with E-state index in [4.69, 9.17) is 0 Å². The van der Waals surface area contributed by atoms with Gasteiger partial charge in [-0.3, -0.25) is 19.7 Å². The lowest BCUT2D eigenvalue weighted by Crippen LogP contribution is -2.33. The van der Waals surface area contributed by atoms with Crippen LogP contribution in [0, 0.1) is 10.1 Å². The van der Waals surface area contributed by atoms with Gasteiger partial charge < -0.3 is 15.2 Å². The van der Waals surface area contributed by atoms with Crippen LogP contribution in [0.1, 0.15) is 19.2 Å². The number of anilines is 1. The number of aromatic amines is 1. The quantitative estimate of drug-likeness (QED) is 0.447. The van der Waals surface area contributed by atoms with Crippen molar-refractivity contribution in [3.05, 3.63) is 74.8 Å². The van der Waals surface area contributed by atoms with E-state index < -0.39 is 4.92 Å². The Kier molecular flexibility index (Phi) is 6.18. The zero-order chi connectivity index (χ0) is 20.8. The van der Waals surface area contributed by atoms with Crippen LogP contribution in [0.3, 0.4) is 0 Å². The summed E-state index contributed by atoms with van der Waals surface area (Å²) in [6.45, 7) is 2.72.